The van der Waals surface area contributed by atoms with Crippen molar-refractivity contribution in [1.82, 2.24) is 0 Å². The molecule has 2 rings (SSSR count). The largest absolute Gasteiger partial charge is 0.376 e. The predicted molar refractivity (Wildman–Crippen MR) is 79.2 cm³/mol. The van der Waals surface area contributed by atoms with Crippen molar-refractivity contribution < 1.29 is 13.7 Å². The first-order valence-corrected chi connectivity index (χ1v) is 6.83. The molecule has 4 nitrogen and oxygen atoms in total. The summed E-state index contributed by atoms with van der Waals surface area (Å²) in [6.07, 6.45) is 0. The Bertz CT molecular complexity index is 677. The molecule has 2 aromatic carbocycles. The van der Waals surface area contributed by atoms with E-state index >= 15 is 0 Å². The molecule has 0 fully saturated rings. The van der Waals surface area contributed by atoms with Crippen molar-refractivity contribution in [1.29, 1.82) is 0 Å². The van der Waals surface area contributed by atoms with E-state index in [4.69, 9.17) is 0 Å². The van der Waals surface area contributed by atoms with Gasteiger partial charge >= 0.3 is 0 Å². The fraction of sp³-hybridized carbons (Fsp3) is 0.143. The second kappa shape index (κ2) is 6.17. The van der Waals surface area contributed by atoms with Gasteiger partial charge in [-0.25, -0.2) is 8.78 Å². The SMILES string of the molecule is CC(Nc1cc(Br)c(F)cc1F)c1ccc([N+](=O)[O-])cc1. The van der Waals surface area contributed by atoms with Crippen molar-refractivity contribution in [2.75, 3.05) is 5.32 Å². The monoisotopic (exact) mass is 356 g/mol. The molecule has 0 saturated carbocycles. The van der Waals surface area contributed by atoms with Crippen LogP contribution in [0.15, 0.2) is 40.9 Å². The van der Waals surface area contributed by atoms with E-state index in [1.54, 1.807) is 19.1 Å². The van der Waals surface area contributed by atoms with Crippen LogP contribution in [0, 0.1) is 21.7 Å². The molecular formula is C14H11BrF2N2O2. The molecule has 0 radical (unpaired) electrons. The summed E-state index contributed by atoms with van der Waals surface area (Å²) >= 11 is 3.00. The summed E-state index contributed by atoms with van der Waals surface area (Å²) in [5, 5.41) is 13.5. The lowest BCUT2D eigenvalue weighted by atomic mass is 10.1. The van der Waals surface area contributed by atoms with E-state index in [2.05, 4.69) is 21.2 Å². The molecule has 0 aliphatic heterocycles. The van der Waals surface area contributed by atoms with Gasteiger partial charge < -0.3 is 5.32 Å². The summed E-state index contributed by atoms with van der Waals surface area (Å²) in [6, 6.07) is 7.74. The topological polar surface area (TPSA) is 55.2 Å². The van der Waals surface area contributed by atoms with Crippen molar-refractivity contribution >= 4 is 27.3 Å². The summed E-state index contributed by atoms with van der Waals surface area (Å²) in [5.74, 6) is -1.38. The van der Waals surface area contributed by atoms with Crippen LogP contribution in [0.1, 0.15) is 18.5 Å². The number of non-ortho nitro benzene ring substituents is 1. The van der Waals surface area contributed by atoms with E-state index in [-0.39, 0.29) is 21.9 Å². The average molecular weight is 357 g/mol. The number of nitro benzene ring substituents is 1. The minimum absolute atomic E-state index is 0.0124. The molecule has 0 aliphatic carbocycles. The van der Waals surface area contributed by atoms with Crippen LogP contribution in [-0.2, 0) is 0 Å². The van der Waals surface area contributed by atoms with Crippen LogP contribution in [0.4, 0.5) is 20.2 Å². The number of anilines is 1. The number of nitrogens with zero attached hydrogens (tertiary/aromatic N) is 1. The van der Waals surface area contributed by atoms with Gasteiger partial charge in [0, 0.05) is 24.2 Å². The fourth-order valence-electron chi connectivity index (χ4n) is 1.83. The maximum absolute atomic E-state index is 13.7. The van der Waals surface area contributed by atoms with Gasteiger partial charge in [0.25, 0.3) is 5.69 Å². The minimum atomic E-state index is -0.704. The number of hydrogen-bond acceptors (Lipinski definition) is 3. The normalized spacial score (nSPS) is 12.0. The second-order valence-electron chi connectivity index (χ2n) is 4.46. The van der Waals surface area contributed by atoms with Crippen LogP contribution >= 0.6 is 15.9 Å². The first-order chi connectivity index (χ1) is 9.88. The first kappa shape index (κ1) is 15.4. The van der Waals surface area contributed by atoms with Gasteiger partial charge in [-0.2, -0.15) is 0 Å². The highest BCUT2D eigenvalue weighted by atomic mass is 79.9. The molecular weight excluding hydrogens is 346 g/mol. The molecule has 1 N–H and O–H groups in total. The molecule has 110 valence electrons. The molecule has 0 saturated heterocycles. The van der Waals surface area contributed by atoms with E-state index in [0.29, 0.717) is 0 Å². The second-order valence-corrected chi connectivity index (χ2v) is 5.32. The molecule has 1 unspecified atom stereocenters. The van der Waals surface area contributed by atoms with Crippen LogP contribution in [0.3, 0.4) is 0 Å². The molecule has 7 heteroatoms. The summed E-state index contributed by atoms with van der Waals surface area (Å²) in [4.78, 5) is 10.1. The Balaban J connectivity index is 2.19. The van der Waals surface area contributed by atoms with Gasteiger partial charge in [0.15, 0.2) is 0 Å². The van der Waals surface area contributed by atoms with Gasteiger partial charge in [-0.15, -0.1) is 0 Å². The molecule has 0 heterocycles. The quantitative estimate of drug-likeness (QED) is 0.485. The van der Waals surface area contributed by atoms with E-state index in [9.17, 15) is 18.9 Å². The minimum Gasteiger partial charge on any atom is -0.376 e. The van der Waals surface area contributed by atoms with Gasteiger partial charge in [0.1, 0.15) is 11.6 Å². The Morgan fingerprint density at radius 3 is 2.38 bits per heavy atom. The molecule has 0 aliphatic rings. The zero-order valence-electron chi connectivity index (χ0n) is 10.9. The summed E-state index contributed by atoms with van der Waals surface area (Å²) in [7, 11) is 0. The highest BCUT2D eigenvalue weighted by molar-refractivity contribution is 9.10. The Hall–Kier alpha value is -2.02. The van der Waals surface area contributed by atoms with Gasteiger partial charge in [0.05, 0.1) is 15.1 Å². The maximum atomic E-state index is 13.7. The van der Waals surface area contributed by atoms with Gasteiger partial charge in [0.2, 0.25) is 0 Å². The van der Waals surface area contributed by atoms with Crippen LogP contribution in [0.2, 0.25) is 0 Å². The Morgan fingerprint density at radius 1 is 1.19 bits per heavy atom. The molecule has 1 atom stereocenters. The van der Waals surface area contributed by atoms with E-state index < -0.39 is 16.6 Å². The lowest BCUT2D eigenvalue weighted by Crippen LogP contribution is -2.08. The molecule has 0 aromatic heterocycles. The van der Waals surface area contributed by atoms with Crippen LogP contribution in [-0.4, -0.2) is 4.92 Å². The smallest absolute Gasteiger partial charge is 0.269 e. The van der Waals surface area contributed by atoms with E-state index in [1.807, 2.05) is 0 Å². The van der Waals surface area contributed by atoms with E-state index in [0.717, 1.165) is 11.6 Å². The molecule has 2 aromatic rings. The van der Waals surface area contributed by atoms with Crippen molar-refractivity contribution in [2.45, 2.75) is 13.0 Å². The average Bonchev–Trinajstić information content (AvgIpc) is 2.44. The third-order valence-electron chi connectivity index (χ3n) is 2.99. The zero-order valence-corrected chi connectivity index (χ0v) is 12.5. The Kier molecular flexibility index (Phi) is 4.52. The number of rotatable bonds is 4. The number of halogens is 3. The number of benzene rings is 2. The molecule has 21 heavy (non-hydrogen) atoms. The van der Waals surface area contributed by atoms with Crippen LogP contribution in [0.25, 0.3) is 0 Å². The standard InChI is InChI=1S/C14H11BrF2N2O2/c1-8(9-2-4-10(5-3-9)19(20)21)18-14-6-11(15)12(16)7-13(14)17/h2-8,18H,1H3. The highest BCUT2D eigenvalue weighted by Gasteiger charge is 2.13. The highest BCUT2D eigenvalue weighted by Crippen LogP contribution is 2.27. The first-order valence-electron chi connectivity index (χ1n) is 6.04. The van der Waals surface area contributed by atoms with Gasteiger partial charge in [-0.05, 0) is 34.5 Å². The third kappa shape index (κ3) is 3.55. The third-order valence-corrected chi connectivity index (χ3v) is 3.59. The van der Waals surface area contributed by atoms with Crippen molar-refractivity contribution in [3.63, 3.8) is 0 Å². The summed E-state index contributed by atoms with van der Waals surface area (Å²) < 4.78 is 27.0. The zero-order chi connectivity index (χ0) is 15.6. The summed E-state index contributed by atoms with van der Waals surface area (Å²) in [6.45, 7) is 1.78. The van der Waals surface area contributed by atoms with Gasteiger partial charge in [-0.1, -0.05) is 12.1 Å². The lowest BCUT2D eigenvalue weighted by Gasteiger charge is -2.16. The van der Waals surface area contributed by atoms with Gasteiger partial charge in [-0.3, -0.25) is 10.1 Å². The molecule has 0 bridgehead atoms. The van der Waals surface area contributed by atoms with Crippen molar-refractivity contribution in [3.8, 4) is 0 Å². The number of nitro groups is 1. The Morgan fingerprint density at radius 2 is 1.81 bits per heavy atom. The fourth-order valence-corrected chi connectivity index (χ4v) is 2.18. The predicted octanol–water partition coefficient (Wildman–Crippen LogP) is 4.81. The van der Waals surface area contributed by atoms with Crippen molar-refractivity contribution in [3.05, 3.63) is 68.2 Å². The summed E-state index contributed by atoms with van der Waals surface area (Å²) in [5.41, 5.74) is 0.885. The van der Waals surface area contributed by atoms with Crippen LogP contribution in [0.5, 0.6) is 0 Å². The lowest BCUT2D eigenvalue weighted by molar-refractivity contribution is -0.384. The Labute approximate surface area is 128 Å². The number of hydrogen-bond donors (Lipinski definition) is 1. The van der Waals surface area contributed by atoms with Crippen molar-refractivity contribution in [2.24, 2.45) is 0 Å². The number of nitrogens with one attached hydrogen (secondary N) is 1. The van der Waals surface area contributed by atoms with Crippen LogP contribution < -0.4 is 5.32 Å². The molecule has 0 amide bonds. The maximum Gasteiger partial charge on any atom is 0.269 e. The van der Waals surface area contributed by atoms with E-state index in [1.165, 1.54) is 18.2 Å². The molecule has 0 spiro atoms.